The van der Waals surface area contributed by atoms with Gasteiger partial charge in [-0.1, -0.05) is 30.0 Å². The molecule has 1 aromatic carbocycles. The summed E-state index contributed by atoms with van der Waals surface area (Å²) in [6.45, 7) is 0. The number of hydrogen-bond donors (Lipinski definition) is 0. The maximum absolute atomic E-state index is 12.4. The van der Waals surface area contributed by atoms with E-state index < -0.39 is 6.43 Å². The minimum atomic E-state index is -2.53. The van der Waals surface area contributed by atoms with Crippen LogP contribution in [0.5, 0.6) is 0 Å². The summed E-state index contributed by atoms with van der Waals surface area (Å²) in [7, 11) is 0. The molecule has 0 radical (unpaired) electrons. The molecule has 0 spiro atoms. The molecule has 0 aliphatic rings. The van der Waals surface area contributed by atoms with Crippen LogP contribution in [0.1, 0.15) is 24.0 Å². The van der Waals surface area contributed by atoms with Gasteiger partial charge in [0.2, 0.25) is 0 Å². The Morgan fingerprint density at radius 2 is 2.00 bits per heavy atom. The van der Waals surface area contributed by atoms with E-state index in [0.29, 0.717) is 0 Å². The molecule has 1 aromatic rings. The molecule has 0 aliphatic heterocycles. The minimum absolute atomic E-state index is 0.0531. The van der Waals surface area contributed by atoms with Crippen molar-refractivity contribution in [2.75, 3.05) is 0 Å². The molecule has 14 heavy (non-hydrogen) atoms. The lowest BCUT2D eigenvalue weighted by Crippen LogP contribution is -1.88. The second-order valence-corrected chi connectivity index (χ2v) is 2.52. The Morgan fingerprint density at radius 1 is 1.29 bits per heavy atom. The Balaban J connectivity index is 2.99. The summed E-state index contributed by atoms with van der Waals surface area (Å²) in [6.07, 6.45) is -2.47. The first-order valence-corrected chi connectivity index (χ1v) is 3.98. The van der Waals surface area contributed by atoms with Crippen molar-refractivity contribution in [3.8, 4) is 17.9 Å². The Morgan fingerprint density at radius 3 is 2.64 bits per heavy atom. The van der Waals surface area contributed by atoms with Gasteiger partial charge >= 0.3 is 0 Å². The Bertz CT molecular complexity index is 407. The summed E-state index contributed by atoms with van der Waals surface area (Å²) in [5.74, 6) is 5.05. The monoisotopic (exact) mass is 191 g/mol. The average molecular weight is 191 g/mol. The molecule has 0 bridgehead atoms. The standard InChI is InChI=1S/C11H7F2N/c12-11(13)10-7-2-1-5-9(10)6-3-4-8-14/h1-2,5,7,11H,4H2. The van der Waals surface area contributed by atoms with Crippen LogP contribution in [0.25, 0.3) is 0 Å². The minimum Gasteiger partial charge on any atom is -0.205 e. The number of alkyl halides is 2. The molecule has 1 nitrogen and oxygen atoms in total. The van der Waals surface area contributed by atoms with E-state index in [1.807, 2.05) is 6.07 Å². The highest BCUT2D eigenvalue weighted by Gasteiger charge is 2.09. The molecule has 1 rings (SSSR count). The average Bonchev–Trinajstić information content (AvgIpc) is 2.19. The zero-order valence-corrected chi connectivity index (χ0v) is 7.30. The van der Waals surface area contributed by atoms with Gasteiger partial charge in [-0.2, -0.15) is 5.26 Å². The lowest BCUT2D eigenvalue weighted by Gasteiger charge is -2.01. The van der Waals surface area contributed by atoms with Crippen LogP contribution in [-0.4, -0.2) is 0 Å². The van der Waals surface area contributed by atoms with Gasteiger partial charge < -0.3 is 0 Å². The van der Waals surface area contributed by atoms with E-state index in [9.17, 15) is 8.78 Å². The predicted octanol–water partition coefficient (Wildman–Crippen LogP) is 2.89. The fourth-order valence-corrected chi connectivity index (χ4v) is 0.980. The van der Waals surface area contributed by atoms with E-state index in [4.69, 9.17) is 5.26 Å². The van der Waals surface area contributed by atoms with Crippen molar-refractivity contribution in [2.24, 2.45) is 0 Å². The summed E-state index contributed by atoms with van der Waals surface area (Å²) in [4.78, 5) is 0. The van der Waals surface area contributed by atoms with E-state index in [2.05, 4.69) is 11.8 Å². The van der Waals surface area contributed by atoms with Crippen LogP contribution < -0.4 is 0 Å². The molecule has 0 aliphatic carbocycles. The second kappa shape index (κ2) is 4.99. The molecule has 0 fully saturated rings. The number of nitrogens with zero attached hydrogens (tertiary/aromatic N) is 1. The lowest BCUT2D eigenvalue weighted by atomic mass is 10.1. The quantitative estimate of drug-likeness (QED) is 0.626. The third-order valence-corrected chi connectivity index (χ3v) is 1.59. The molecule has 0 amide bonds. The smallest absolute Gasteiger partial charge is 0.205 e. The number of hydrogen-bond acceptors (Lipinski definition) is 1. The molecule has 0 heterocycles. The Hall–Kier alpha value is -1.87. The molecule has 0 unspecified atom stereocenters. The molecule has 0 N–H and O–H groups in total. The lowest BCUT2D eigenvalue weighted by molar-refractivity contribution is 0.151. The van der Waals surface area contributed by atoms with Gasteiger partial charge in [-0.05, 0) is 6.07 Å². The summed E-state index contributed by atoms with van der Waals surface area (Å²) >= 11 is 0. The molecular formula is C11H7F2N. The fraction of sp³-hybridized carbons (Fsp3) is 0.182. The summed E-state index contributed by atoms with van der Waals surface area (Å²) in [5.41, 5.74) is 0.204. The molecule has 0 saturated heterocycles. The second-order valence-electron chi connectivity index (χ2n) is 2.52. The number of nitriles is 1. The zero-order chi connectivity index (χ0) is 10.4. The Labute approximate surface area is 81.0 Å². The number of halogens is 2. The van der Waals surface area contributed by atoms with Gasteiger partial charge in [0.05, 0.1) is 12.5 Å². The van der Waals surface area contributed by atoms with Gasteiger partial charge in [-0.15, -0.1) is 0 Å². The van der Waals surface area contributed by atoms with Crippen LogP contribution in [0.15, 0.2) is 24.3 Å². The van der Waals surface area contributed by atoms with Gasteiger partial charge in [0.15, 0.2) is 0 Å². The topological polar surface area (TPSA) is 23.8 Å². The normalized spacial score (nSPS) is 9.00. The van der Waals surface area contributed by atoms with Crippen molar-refractivity contribution in [3.63, 3.8) is 0 Å². The van der Waals surface area contributed by atoms with Crippen molar-refractivity contribution in [2.45, 2.75) is 12.8 Å². The summed E-state index contributed by atoms with van der Waals surface area (Å²) < 4.78 is 24.8. The third kappa shape index (κ3) is 2.57. The van der Waals surface area contributed by atoms with Crippen LogP contribution in [0, 0.1) is 23.2 Å². The van der Waals surface area contributed by atoms with Crippen molar-refractivity contribution in [1.82, 2.24) is 0 Å². The maximum atomic E-state index is 12.4. The summed E-state index contributed by atoms with van der Waals surface area (Å²) in [6, 6.07) is 7.86. The first-order valence-electron chi connectivity index (χ1n) is 3.98. The molecular weight excluding hydrogens is 184 g/mol. The molecule has 3 heteroatoms. The molecule has 0 saturated carbocycles. The van der Waals surface area contributed by atoms with Gasteiger partial charge in [0.25, 0.3) is 6.43 Å². The first kappa shape index (κ1) is 10.2. The number of benzene rings is 1. The van der Waals surface area contributed by atoms with E-state index in [1.165, 1.54) is 18.2 Å². The fourth-order valence-electron chi connectivity index (χ4n) is 0.980. The highest BCUT2D eigenvalue weighted by atomic mass is 19.3. The van der Waals surface area contributed by atoms with Crippen molar-refractivity contribution >= 4 is 0 Å². The Kier molecular flexibility index (Phi) is 3.64. The molecule has 0 aromatic heterocycles. The van der Waals surface area contributed by atoms with E-state index in [0.717, 1.165) is 0 Å². The van der Waals surface area contributed by atoms with Crippen molar-refractivity contribution < 1.29 is 8.78 Å². The first-order chi connectivity index (χ1) is 6.75. The SMILES string of the molecule is N#CCC#Cc1ccccc1C(F)F. The zero-order valence-electron chi connectivity index (χ0n) is 7.30. The third-order valence-electron chi connectivity index (χ3n) is 1.59. The van der Waals surface area contributed by atoms with Crippen LogP contribution in [-0.2, 0) is 0 Å². The predicted molar refractivity (Wildman–Crippen MR) is 48.5 cm³/mol. The highest BCUT2D eigenvalue weighted by Crippen LogP contribution is 2.21. The van der Waals surface area contributed by atoms with Crippen LogP contribution in [0.4, 0.5) is 8.78 Å². The van der Waals surface area contributed by atoms with Crippen molar-refractivity contribution in [3.05, 3.63) is 35.4 Å². The van der Waals surface area contributed by atoms with Crippen molar-refractivity contribution in [1.29, 1.82) is 5.26 Å². The largest absolute Gasteiger partial charge is 0.265 e. The van der Waals surface area contributed by atoms with Crippen LogP contribution in [0.2, 0.25) is 0 Å². The van der Waals surface area contributed by atoms with Gasteiger partial charge in [-0.3, -0.25) is 0 Å². The summed E-state index contributed by atoms with van der Waals surface area (Å²) in [5, 5.41) is 8.22. The van der Waals surface area contributed by atoms with Crippen LogP contribution >= 0.6 is 0 Å². The van der Waals surface area contributed by atoms with E-state index >= 15 is 0 Å². The van der Waals surface area contributed by atoms with E-state index in [-0.39, 0.29) is 17.5 Å². The van der Waals surface area contributed by atoms with Crippen LogP contribution in [0.3, 0.4) is 0 Å². The maximum Gasteiger partial charge on any atom is 0.265 e. The number of rotatable bonds is 1. The van der Waals surface area contributed by atoms with Gasteiger partial charge in [-0.25, -0.2) is 8.78 Å². The molecule has 70 valence electrons. The van der Waals surface area contributed by atoms with Gasteiger partial charge in [0, 0.05) is 11.1 Å². The van der Waals surface area contributed by atoms with E-state index in [1.54, 1.807) is 6.07 Å². The van der Waals surface area contributed by atoms with Gasteiger partial charge in [0.1, 0.15) is 0 Å². The molecule has 0 atom stereocenters. The highest BCUT2D eigenvalue weighted by molar-refractivity contribution is 5.42.